The minimum absolute atomic E-state index is 0.525. The van der Waals surface area contributed by atoms with Crippen molar-refractivity contribution in [2.24, 2.45) is 5.73 Å². The van der Waals surface area contributed by atoms with Crippen LogP contribution in [0.15, 0.2) is 53.1 Å². The van der Waals surface area contributed by atoms with Gasteiger partial charge in [-0.25, -0.2) is 0 Å². The van der Waals surface area contributed by atoms with Gasteiger partial charge in [0.25, 0.3) is 0 Å². The molecular weight excluding hydrogens is 366 g/mol. The maximum Gasteiger partial charge on any atom is 0.143 e. The standard InChI is InChI=1S/C19H18BrN3O/c20-16-9-14-2-1-5-22-19(14)15(10-16)12-23-6-7-24-18-8-13(11-21)3-4-17(18)23/h1-5,8-10H,6-7,11-12,21H2. The van der Waals surface area contributed by atoms with Crippen molar-refractivity contribution < 1.29 is 4.74 Å². The summed E-state index contributed by atoms with van der Waals surface area (Å²) in [6, 6.07) is 14.5. The molecule has 24 heavy (non-hydrogen) atoms. The van der Waals surface area contributed by atoms with E-state index in [9.17, 15) is 0 Å². The van der Waals surface area contributed by atoms with E-state index in [1.165, 1.54) is 5.56 Å². The Labute approximate surface area is 149 Å². The highest BCUT2D eigenvalue weighted by molar-refractivity contribution is 9.10. The van der Waals surface area contributed by atoms with Gasteiger partial charge in [0, 0.05) is 29.1 Å². The highest BCUT2D eigenvalue weighted by Gasteiger charge is 2.19. The number of fused-ring (bicyclic) bond motifs is 2. The zero-order valence-corrected chi connectivity index (χ0v) is 14.8. The Morgan fingerprint density at radius 3 is 3.00 bits per heavy atom. The van der Waals surface area contributed by atoms with Gasteiger partial charge >= 0.3 is 0 Å². The Kier molecular flexibility index (Phi) is 4.12. The fraction of sp³-hybridized carbons (Fsp3) is 0.211. The summed E-state index contributed by atoms with van der Waals surface area (Å²) in [5.41, 5.74) is 10.2. The first-order valence-electron chi connectivity index (χ1n) is 7.98. The van der Waals surface area contributed by atoms with E-state index in [1.807, 2.05) is 18.3 Å². The molecule has 2 heterocycles. The third-order valence-electron chi connectivity index (χ3n) is 4.33. The normalized spacial score (nSPS) is 13.7. The summed E-state index contributed by atoms with van der Waals surface area (Å²) >= 11 is 3.61. The first-order chi connectivity index (χ1) is 11.7. The molecule has 4 nitrogen and oxygen atoms in total. The molecule has 5 heteroatoms. The van der Waals surface area contributed by atoms with Crippen LogP contribution in [-0.4, -0.2) is 18.1 Å². The van der Waals surface area contributed by atoms with Gasteiger partial charge in [-0.05, 0) is 41.5 Å². The molecule has 3 aromatic rings. The van der Waals surface area contributed by atoms with Gasteiger partial charge in [-0.3, -0.25) is 4.98 Å². The van der Waals surface area contributed by atoms with E-state index in [0.29, 0.717) is 13.2 Å². The summed E-state index contributed by atoms with van der Waals surface area (Å²) in [4.78, 5) is 6.92. The van der Waals surface area contributed by atoms with E-state index in [4.69, 9.17) is 10.5 Å². The number of rotatable bonds is 3. The second kappa shape index (κ2) is 6.42. The number of hydrogen-bond acceptors (Lipinski definition) is 4. The number of nitrogens with two attached hydrogens (primary N) is 1. The molecule has 0 fully saturated rings. The minimum Gasteiger partial charge on any atom is -0.490 e. The molecule has 1 aromatic heterocycles. The van der Waals surface area contributed by atoms with Gasteiger partial charge in [-0.2, -0.15) is 0 Å². The highest BCUT2D eigenvalue weighted by Crippen LogP contribution is 2.34. The van der Waals surface area contributed by atoms with E-state index >= 15 is 0 Å². The number of halogens is 1. The monoisotopic (exact) mass is 383 g/mol. The van der Waals surface area contributed by atoms with Gasteiger partial charge in [0.2, 0.25) is 0 Å². The summed E-state index contributed by atoms with van der Waals surface area (Å²) in [6.45, 7) is 2.86. The Balaban J connectivity index is 1.73. The summed E-state index contributed by atoms with van der Waals surface area (Å²) < 4.78 is 6.90. The maximum atomic E-state index is 5.82. The number of aromatic nitrogens is 1. The number of anilines is 1. The molecule has 0 saturated heterocycles. The minimum atomic E-state index is 0.525. The molecule has 2 N–H and O–H groups in total. The summed E-state index contributed by atoms with van der Waals surface area (Å²) in [5, 5.41) is 1.15. The molecule has 0 unspecified atom stereocenters. The van der Waals surface area contributed by atoms with Gasteiger partial charge in [0.05, 0.1) is 17.7 Å². The number of benzene rings is 2. The molecule has 0 atom stereocenters. The Hall–Kier alpha value is -2.11. The van der Waals surface area contributed by atoms with Crippen LogP contribution in [0.4, 0.5) is 5.69 Å². The zero-order valence-electron chi connectivity index (χ0n) is 13.2. The molecule has 0 spiro atoms. The Morgan fingerprint density at radius 2 is 2.12 bits per heavy atom. The van der Waals surface area contributed by atoms with Crippen LogP contribution < -0.4 is 15.4 Å². The number of nitrogens with zero attached hydrogens (tertiary/aromatic N) is 2. The Morgan fingerprint density at radius 1 is 1.21 bits per heavy atom. The van der Waals surface area contributed by atoms with Crippen molar-refractivity contribution in [2.75, 3.05) is 18.1 Å². The first kappa shape index (κ1) is 15.4. The lowest BCUT2D eigenvalue weighted by Crippen LogP contribution is -2.32. The average molecular weight is 384 g/mol. The van der Waals surface area contributed by atoms with Crippen LogP contribution in [-0.2, 0) is 13.1 Å². The van der Waals surface area contributed by atoms with Crippen LogP contribution >= 0.6 is 15.9 Å². The molecule has 122 valence electrons. The van der Waals surface area contributed by atoms with Gasteiger partial charge < -0.3 is 15.4 Å². The van der Waals surface area contributed by atoms with Crippen LogP contribution in [0.2, 0.25) is 0 Å². The molecule has 2 aromatic carbocycles. The van der Waals surface area contributed by atoms with Crippen molar-refractivity contribution >= 4 is 32.5 Å². The van der Waals surface area contributed by atoms with Crippen LogP contribution in [0.25, 0.3) is 10.9 Å². The van der Waals surface area contributed by atoms with Crippen molar-refractivity contribution in [3.63, 3.8) is 0 Å². The van der Waals surface area contributed by atoms with Gasteiger partial charge in [0.15, 0.2) is 0 Å². The fourth-order valence-electron chi connectivity index (χ4n) is 3.17. The molecule has 1 aliphatic heterocycles. The topological polar surface area (TPSA) is 51.4 Å². The molecular formula is C19H18BrN3O. The van der Waals surface area contributed by atoms with Crippen LogP contribution in [0, 0.1) is 0 Å². The van der Waals surface area contributed by atoms with Crippen LogP contribution in [0.3, 0.4) is 0 Å². The largest absolute Gasteiger partial charge is 0.490 e. The lowest BCUT2D eigenvalue weighted by atomic mass is 10.1. The van der Waals surface area contributed by atoms with Gasteiger partial charge in [-0.1, -0.05) is 28.1 Å². The van der Waals surface area contributed by atoms with Crippen molar-refractivity contribution in [3.05, 3.63) is 64.3 Å². The first-order valence-corrected chi connectivity index (χ1v) is 8.78. The quantitative estimate of drug-likeness (QED) is 0.745. The second-order valence-corrected chi connectivity index (χ2v) is 6.83. The lowest BCUT2D eigenvalue weighted by molar-refractivity contribution is 0.306. The van der Waals surface area contributed by atoms with E-state index in [0.717, 1.165) is 45.5 Å². The molecule has 0 saturated carbocycles. The average Bonchev–Trinajstić information content (AvgIpc) is 2.61. The third-order valence-corrected chi connectivity index (χ3v) is 4.79. The maximum absolute atomic E-state index is 5.82. The van der Waals surface area contributed by atoms with Crippen molar-refractivity contribution in [1.82, 2.24) is 4.98 Å². The SMILES string of the molecule is NCc1ccc2c(c1)OCCN2Cc1cc(Br)cc2cccnc12. The predicted octanol–water partition coefficient (Wildman–Crippen LogP) is 3.86. The summed E-state index contributed by atoms with van der Waals surface area (Å²) in [5.74, 6) is 0.913. The summed E-state index contributed by atoms with van der Waals surface area (Å²) in [6.07, 6.45) is 1.85. The molecule has 0 amide bonds. The van der Waals surface area contributed by atoms with Crippen LogP contribution in [0.5, 0.6) is 5.75 Å². The zero-order chi connectivity index (χ0) is 16.5. The smallest absolute Gasteiger partial charge is 0.143 e. The Bertz CT molecular complexity index is 897. The molecule has 0 aliphatic carbocycles. The number of pyridine rings is 1. The van der Waals surface area contributed by atoms with E-state index in [-0.39, 0.29) is 0 Å². The van der Waals surface area contributed by atoms with Crippen LogP contribution in [0.1, 0.15) is 11.1 Å². The van der Waals surface area contributed by atoms with Gasteiger partial charge in [-0.15, -0.1) is 0 Å². The van der Waals surface area contributed by atoms with E-state index in [2.05, 4.69) is 56.1 Å². The fourth-order valence-corrected chi connectivity index (χ4v) is 3.69. The molecule has 1 aliphatic rings. The highest BCUT2D eigenvalue weighted by atomic mass is 79.9. The number of hydrogen-bond donors (Lipinski definition) is 1. The van der Waals surface area contributed by atoms with E-state index < -0.39 is 0 Å². The second-order valence-electron chi connectivity index (χ2n) is 5.92. The summed E-state index contributed by atoms with van der Waals surface area (Å²) in [7, 11) is 0. The van der Waals surface area contributed by atoms with Gasteiger partial charge in [0.1, 0.15) is 12.4 Å². The third kappa shape index (κ3) is 2.85. The van der Waals surface area contributed by atoms with Crippen molar-refractivity contribution in [3.8, 4) is 5.75 Å². The molecule has 4 rings (SSSR count). The van der Waals surface area contributed by atoms with Crippen molar-refractivity contribution in [2.45, 2.75) is 13.1 Å². The van der Waals surface area contributed by atoms with E-state index in [1.54, 1.807) is 0 Å². The predicted molar refractivity (Wildman–Crippen MR) is 100 cm³/mol. The molecule has 0 radical (unpaired) electrons. The molecule has 0 bridgehead atoms. The number of ether oxygens (including phenoxy) is 1. The van der Waals surface area contributed by atoms with Crippen molar-refractivity contribution in [1.29, 1.82) is 0 Å². The lowest BCUT2D eigenvalue weighted by Gasteiger charge is -2.32.